The van der Waals surface area contributed by atoms with Crippen LogP contribution in [0.1, 0.15) is 11.7 Å². The second kappa shape index (κ2) is 8.56. The topological polar surface area (TPSA) is 171 Å². The predicted molar refractivity (Wildman–Crippen MR) is 76.1 cm³/mol. The number of phenols is 1. The molecular formula is C14H19NO8. The van der Waals surface area contributed by atoms with Crippen molar-refractivity contribution in [1.29, 1.82) is 0 Å². The zero-order chi connectivity index (χ0) is 17.6. The molecule has 0 spiro atoms. The molecule has 7 N–H and O–H groups in total. The summed E-state index contributed by atoms with van der Waals surface area (Å²) in [6.45, 7) is -0.499. The molecule has 4 unspecified atom stereocenters. The molecule has 1 fully saturated rings. The largest absolute Gasteiger partial charge is 0.508 e. The monoisotopic (exact) mass is 329 g/mol. The van der Waals surface area contributed by atoms with Gasteiger partial charge in [0.25, 0.3) is 0 Å². The van der Waals surface area contributed by atoms with E-state index in [1.54, 1.807) is 12.1 Å². The van der Waals surface area contributed by atoms with Gasteiger partial charge in [0.2, 0.25) is 11.9 Å². The lowest BCUT2D eigenvalue weighted by atomic mass is 10.1. The van der Waals surface area contributed by atoms with E-state index in [4.69, 9.17) is 26.2 Å². The molecular weight excluding hydrogens is 310 g/mol. The number of aliphatic hydroxyl groups excluding tert-OH is 4. The fourth-order valence-electron chi connectivity index (χ4n) is 1.72. The lowest BCUT2D eigenvalue weighted by Crippen LogP contribution is -2.36. The fraction of sp³-hybridized carbons (Fsp3) is 0.429. The molecule has 4 atom stereocenters. The van der Waals surface area contributed by atoms with Crippen LogP contribution in [0.15, 0.2) is 24.3 Å². The zero-order valence-electron chi connectivity index (χ0n) is 12.1. The molecule has 128 valence electrons. The van der Waals surface area contributed by atoms with Gasteiger partial charge in [0, 0.05) is 6.54 Å². The summed E-state index contributed by atoms with van der Waals surface area (Å²) in [4.78, 5) is 21.4. The first kappa shape index (κ1) is 19.0. The molecule has 1 aromatic rings. The second-order valence-electron chi connectivity index (χ2n) is 4.76. The van der Waals surface area contributed by atoms with Crippen LogP contribution in [-0.4, -0.2) is 68.7 Å². The zero-order valence-corrected chi connectivity index (χ0v) is 12.1. The summed E-state index contributed by atoms with van der Waals surface area (Å²) >= 11 is 0. The van der Waals surface area contributed by atoms with Crippen molar-refractivity contribution in [3.05, 3.63) is 29.8 Å². The number of ether oxygens (including phenoxy) is 1. The molecule has 23 heavy (non-hydrogen) atoms. The molecule has 9 nitrogen and oxygen atoms in total. The van der Waals surface area contributed by atoms with Gasteiger partial charge in [-0.2, -0.15) is 0 Å². The van der Waals surface area contributed by atoms with E-state index >= 15 is 0 Å². The number of phenolic OH excluding ortho intramolecular Hbond substituents is 1. The van der Waals surface area contributed by atoms with Crippen molar-refractivity contribution in [3.8, 4) is 5.75 Å². The van der Waals surface area contributed by atoms with Crippen LogP contribution in [0.4, 0.5) is 0 Å². The Hall–Kier alpha value is -2.04. The highest BCUT2D eigenvalue weighted by Crippen LogP contribution is 2.15. The number of Topliss-reactive ketones (excluding diaryl/α,β-unsaturated/α-hetero) is 1. The molecule has 2 rings (SSSR count). The molecule has 1 aromatic carbocycles. The highest BCUT2D eigenvalue weighted by Gasteiger charge is 2.45. The van der Waals surface area contributed by atoms with Gasteiger partial charge in [-0.25, -0.2) is 4.79 Å². The van der Waals surface area contributed by atoms with Gasteiger partial charge in [-0.15, -0.1) is 0 Å². The molecule has 0 aromatic heterocycles. The first-order valence-electron chi connectivity index (χ1n) is 6.70. The van der Waals surface area contributed by atoms with Gasteiger partial charge in [0.05, 0.1) is 12.7 Å². The van der Waals surface area contributed by atoms with Crippen LogP contribution in [0, 0.1) is 0 Å². The summed E-state index contributed by atoms with van der Waals surface area (Å²) in [5.74, 6) is -1.81. The van der Waals surface area contributed by atoms with Crippen LogP contribution >= 0.6 is 0 Å². The molecule has 1 saturated heterocycles. The van der Waals surface area contributed by atoms with Crippen molar-refractivity contribution in [1.82, 2.24) is 0 Å². The Kier molecular flexibility index (Phi) is 7.07. The Labute approximate surface area is 131 Å². The molecule has 9 heteroatoms. The third-order valence-corrected chi connectivity index (χ3v) is 3.05. The Morgan fingerprint density at radius 2 is 1.74 bits per heavy atom. The van der Waals surface area contributed by atoms with E-state index in [0.717, 1.165) is 5.56 Å². The van der Waals surface area contributed by atoms with E-state index < -0.39 is 42.8 Å². The lowest BCUT2D eigenvalue weighted by Gasteiger charge is -2.11. The minimum absolute atomic E-state index is 0.193. The third-order valence-electron chi connectivity index (χ3n) is 3.05. The normalized spacial score (nSPS) is 22.8. The van der Waals surface area contributed by atoms with Crippen molar-refractivity contribution < 1.29 is 39.9 Å². The van der Waals surface area contributed by atoms with Gasteiger partial charge in [-0.05, 0) is 17.7 Å². The molecule has 0 saturated carbocycles. The van der Waals surface area contributed by atoms with Crippen molar-refractivity contribution in [2.24, 2.45) is 5.73 Å². The highest BCUT2D eigenvalue weighted by molar-refractivity contribution is 6.09. The van der Waals surface area contributed by atoms with E-state index in [1.807, 2.05) is 0 Å². The van der Waals surface area contributed by atoms with E-state index in [9.17, 15) is 14.7 Å². The summed E-state index contributed by atoms with van der Waals surface area (Å²) in [5.41, 5.74) is 5.96. The van der Waals surface area contributed by atoms with Crippen LogP contribution in [0.3, 0.4) is 0 Å². The number of carbonyl (C=O) groups is 2. The Morgan fingerprint density at radius 1 is 1.17 bits per heavy atom. The Balaban J connectivity index is 0.000000231. The Morgan fingerprint density at radius 3 is 2.13 bits per heavy atom. The molecule has 1 aliphatic rings. The maximum atomic E-state index is 10.8. The van der Waals surface area contributed by atoms with E-state index in [2.05, 4.69) is 4.74 Å². The molecule has 0 aliphatic carbocycles. The van der Waals surface area contributed by atoms with E-state index in [1.165, 1.54) is 12.1 Å². The first-order valence-corrected chi connectivity index (χ1v) is 6.70. The summed E-state index contributed by atoms with van der Waals surface area (Å²) in [6, 6.07) is 6.34. The summed E-state index contributed by atoms with van der Waals surface area (Å²) in [6.07, 6.45) is -5.34. The fourth-order valence-corrected chi connectivity index (χ4v) is 1.72. The van der Waals surface area contributed by atoms with Crippen molar-refractivity contribution in [2.75, 3.05) is 13.2 Å². The SMILES string of the molecule is NCC(O)c1ccc(O)cc1.O=C1OC(C(O)CO)C(=O)C1O. The van der Waals surface area contributed by atoms with Gasteiger partial charge in [0.1, 0.15) is 11.9 Å². The number of cyclic esters (lactones) is 1. The van der Waals surface area contributed by atoms with Gasteiger partial charge < -0.3 is 36.0 Å². The van der Waals surface area contributed by atoms with Crippen molar-refractivity contribution in [3.63, 3.8) is 0 Å². The van der Waals surface area contributed by atoms with E-state index in [-0.39, 0.29) is 12.3 Å². The minimum Gasteiger partial charge on any atom is -0.508 e. The van der Waals surface area contributed by atoms with Gasteiger partial charge in [0.15, 0.2) is 6.10 Å². The standard InChI is InChI=1S/C8H11NO2.C6H8O6/c9-5-8(11)6-1-3-7(10)4-2-6;7-1-2(8)5-3(9)4(10)6(11)12-5/h1-4,8,10-11H,5,9H2;2,4-5,7-8,10H,1H2. The summed E-state index contributed by atoms with van der Waals surface area (Å²) in [7, 11) is 0. The predicted octanol–water partition coefficient (Wildman–Crippen LogP) is -2.42. The lowest BCUT2D eigenvalue weighted by molar-refractivity contribution is -0.151. The summed E-state index contributed by atoms with van der Waals surface area (Å²) in [5, 5.41) is 44.2. The molecule has 1 aliphatic heterocycles. The number of benzene rings is 1. The Bertz CT molecular complexity index is 532. The van der Waals surface area contributed by atoms with Crippen LogP contribution in [-0.2, 0) is 14.3 Å². The van der Waals surface area contributed by atoms with Crippen LogP contribution in [0.25, 0.3) is 0 Å². The highest BCUT2D eigenvalue weighted by atomic mass is 16.6. The number of hydrogen-bond acceptors (Lipinski definition) is 9. The van der Waals surface area contributed by atoms with Crippen molar-refractivity contribution >= 4 is 11.8 Å². The number of nitrogens with two attached hydrogens (primary N) is 1. The minimum atomic E-state index is -1.82. The number of carbonyl (C=O) groups excluding carboxylic acids is 2. The average Bonchev–Trinajstić information content (AvgIpc) is 2.82. The quantitative estimate of drug-likeness (QED) is 0.260. The van der Waals surface area contributed by atoms with Crippen LogP contribution < -0.4 is 5.73 Å². The third kappa shape index (κ3) is 4.98. The molecule has 1 heterocycles. The number of aliphatic hydroxyl groups is 4. The molecule has 0 bridgehead atoms. The van der Waals surface area contributed by atoms with Gasteiger partial charge in [-0.1, -0.05) is 12.1 Å². The number of rotatable bonds is 4. The van der Waals surface area contributed by atoms with Gasteiger partial charge in [-0.3, -0.25) is 4.79 Å². The second-order valence-corrected chi connectivity index (χ2v) is 4.76. The van der Waals surface area contributed by atoms with Crippen LogP contribution in [0.5, 0.6) is 5.75 Å². The van der Waals surface area contributed by atoms with E-state index in [0.29, 0.717) is 0 Å². The van der Waals surface area contributed by atoms with Gasteiger partial charge >= 0.3 is 5.97 Å². The smallest absolute Gasteiger partial charge is 0.343 e. The summed E-state index contributed by atoms with van der Waals surface area (Å²) < 4.78 is 4.29. The number of ketones is 1. The average molecular weight is 329 g/mol. The van der Waals surface area contributed by atoms with Crippen LogP contribution in [0.2, 0.25) is 0 Å². The maximum Gasteiger partial charge on any atom is 0.343 e. The number of esters is 1. The maximum absolute atomic E-state index is 10.8. The number of aromatic hydroxyl groups is 1. The van der Waals surface area contributed by atoms with Crippen molar-refractivity contribution in [2.45, 2.75) is 24.4 Å². The number of hydrogen-bond donors (Lipinski definition) is 6. The first-order chi connectivity index (χ1) is 10.8. The molecule has 0 amide bonds. The molecule has 0 radical (unpaired) electrons.